The van der Waals surface area contributed by atoms with Gasteiger partial charge in [-0.15, -0.1) is 5.10 Å². The van der Waals surface area contributed by atoms with Crippen molar-refractivity contribution in [2.45, 2.75) is 41.5 Å². The fourth-order valence-electron chi connectivity index (χ4n) is 4.46. The molecule has 1 atom stereocenters. The second-order valence-corrected chi connectivity index (χ2v) is 11.5. The van der Waals surface area contributed by atoms with Crippen molar-refractivity contribution in [3.63, 3.8) is 0 Å². The van der Waals surface area contributed by atoms with Crippen LogP contribution in [0.2, 0.25) is 0 Å². The SMILES string of the molecule is NS(=O)(=O)c1c(S(=O)(=O)N[C@@H]2CCNC2)ccc(N2CCC(CCF)CC2)c1-c1nnn[nH]1. The number of nitrogens with two attached hydrogens (primary N) is 1. The highest BCUT2D eigenvalue weighted by atomic mass is 32.2. The normalized spacial score (nSPS) is 20.4. The molecule has 0 aliphatic carbocycles. The van der Waals surface area contributed by atoms with E-state index in [1.54, 1.807) is 6.07 Å². The zero-order valence-corrected chi connectivity index (χ0v) is 19.5. The number of halogens is 1. The molecule has 2 aliphatic heterocycles. The minimum Gasteiger partial charge on any atom is -0.371 e. The highest BCUT2D eigenvalue weighted by Gasteiger charge is 2.35. The van der Waals surface area contributed by atoms with Gasteiger partial charge < -0.3 is 10.2 Å². The Morgan fingerprint density at radius 3 is 2.52 bits per heavy atom. The summed E-state index contributed by atoms with van der Waals surface area (Å²) in [5, 5.41) is 22.1. The van der Waals surface area contributed by atoms with Crippen molar-refractivity contribution in [2.24, 2.45) is 11.1 Å². The summed E-state index contributed by atoms with van der Waals surface area (Å²) in [5.41, 5.74) is 0.441. The Labute approximate surface area is 191 Å². The van der Waals surface area contributed by atoms with Gasteiger partial charge in [-0.3, -0.25) is 4.39 Å². The number of tetrazole rings is 1. The van der Waals surface area contributed by atoms with E-state index in [1.807, 2.05) is 4.90 Å². The van der Waals surface area contributed by atoms with E-state index in [-0.39, 0.29) is 30.0 Å². The number of hydrogen-bond donors (Lipinski definition) is 4. The van der Waals surface area contributed by atoms with E-state index in [1.165, 1.54) is 6.07 Å². The van der Waals surface area contributed by atoms with Crippen LogP contribution < -0.4 is 20.1 Å². The number of rotatable bonds is 8. The quantitative estimate of drug-likeness (QED) is 0.378. The first-order valence-electron chi connectivity index (χ1n) is 10.7. The third-order valence-corrected chi connectivity index (χ3v) is 8.80. The van der Waals surface area contributed by atoms with Gasteiger partial charge in [-0.2, -0.15) is 0 Å². The number of sulfonamides is 2. The van der Waals surface area contributed by atoms with Crippen LogP contribution in [0.3, 0.4) is 0 Å². The Kier molecular flexibility index (Phi) is 6.95. The predicted molar refractivity (Wildman–Crippen MR) is 118 cm³/mol. The lowest BCUT2D eigenvalue weighted by molar-refractivity contribution is 0.332. The molecule has 12 nitrogen and oxygen atoms in total. The molecule has 2 aromatic rings. The summed E-state index contributed by atoms with van der Waals surface area (Å²) in [4.78, 5) is 0.897. The topological polar surface area (TPSA) is 176 Å². The first-order chi connectivity index (χ1) is 15.7. The molecule has 3 heterocycles. The van der Waals surface area contributed by atoms with Gasteiger partial charge in [0.2, 0.25) is 20.0 Å². The number of benzene rings is 1. The molecule has 0 saturated carbocycles. The van der Waals surface area contributed by atoms with Crippen LogP contribution in [0.15, 0.2) is 21.9 Å². The van der Waals surface area contributed by atoms with Crippen LogP contribution in [-0.2, 0) is 20.0 Å². The minimum absolute atomic E-state index is 0.00105. The van der Waals surface area contributed by atoms with Crippen LogP contribution in [0.5, 0.6) is 0 Å². The summed E-state index contributed by atoms with van der Waals surface area (Å²) in [5.74, 6) is 0.225. The number of aromatic nitrogens is 4. The van der Waals surface area contributed by atoms with Gasteiger partial charge in [0, 0.05) is 31.4 Å². The maximum absolute atomic E-state index is 13.2. The molecule has 1 aromatic heterocycles. The van der Waals surface area contributed by atoms with Gasteiger partial charge in [0.05, 0.1) is 12.2 Å². The average Bonchev–Trinajstić information content (AvgIpc) is 3.47. The molecule has 0 bridgehead atoms. The highest BCUT2D eigenvalue weighted by Crippen LogP contribution is 2.39. The molecule has 182 valence electrons. The van der Waals surface area contributed by atoms with E-state index in [2.05, 4.69) is 30.7 Å². The number of nitrogens with zero attached hydrogens (tertiary/aromatic N) is 4. The standard InChI is InChI=1S/C18H27FN8O4S2/c19-7-3-12-5-9-27(10-6-12)14-1-2-15(33(30,31)24-13-4-8-21-11-13)17(32(20,28)29)16(14)18-22-25-26-23-18/h1-2,12-13,21,24H,3-11H2,(H2,20,28,29)(H,22,23,25,26)/t13-/m1/s1. The summed E-state index contributed by atoms with van der Waals surface area (Å²) in [6.45, 7) is 1.80. The van der Waals surface area contributed by atoms with Gasteiger partial charge in [0.15, 0.2) is 5.82 Å². The molecule has 0 unspecified atom stereocenters. The number of nitrogens with one attached hydrogen (secondary N) is 3. The third kappa shape index (κ3) is 5.16. The minimum atomic E-state index is -4.51. The number of alkyl halides is 1. The van der Waals surface area contributed by atoms with Gasteiger partial charge >= 0.3 is 0 Å². The summed E-state index contributed by atoms with van der Waals surface area (Å²) in [6, 6.07) is 2.43. The third-order valence-electron chi connectivity index (χ3n) is 6.11. The van der Waals surface area contributed by atoms with Crippen molar-refractivity contribution in [1.29, 1.82) is 0 Å². The largest absolute Gasteiger partial charge is 0.371 e. The van der Waals surface area contributed by atoms with Crippen LogP contribution >= 0.6 is 0 Å². The van der Waals surface area contributed by atoms with Gasteiger partial charge in [0.25, 0.3) is 0 Å². The molecular formula is C18H27FN8O4S2. The number of anilines is 1. The number of H-pyrrole nitrogens is 1. The number of piperidine rings is 1. The lowest BCUT2D eigenvalue weighted by atomic mass is 9.93. The molecule has 15 heteroatoms. The Hall–Kier alpha value is -2.20. The predicted octanol–water partition coefficient (Wildman–Crippen LogP) is -0.270. The molecule has 2 aliphatic rings. The first kappa shape index (κ1) is 23.9. The van der Waals surface area contributed by atoms with Gasteiger partial charge in [-0.25, -0.2) is 31.8 Å². The van der Waals surface area contributed by atoms with E-state index in [4.69, 9.17) is 5.14 Å². The molecule has 5 N–H and O–H groups in total. The molecule has 0 spiro atoms. The maximum atomic E-state index is 13.2. The molecule has 0 amide bonds. The zero-order valence-electron chi connectivity index (χ0n) is 17.9. The van der Waals surface area contributed by atoms with Crippen LogP contribution in [0.1, 0.15) is 25.7 Å². The smallest absolute Gasteiger partial charge is 0.242 e. The molecule has 2 fully saturated rings. The lowest BCUT2D eigenvalue weighted by Crippen LogP contribution is -2.38. The Morgan fingerprint density at radius 2 is 1.94 bits per heavy atom. The Balaban J connectivity index is 1.83. The van der Waals surface area contributed by atoms with Crippen molar-refractivity contribution < 1.29 is 21.2 Å². The van der Waals surface area contributed by atoms with E-state index in [0.717, 1.165) is 12.8 Å². The summed E-state index contributed by atoms with van der Waals surface area (Å²) in [7, 11) is -8.74. The van der Waals surface area contributed by atoms with Crippen molar-refractivity contribution in [3.05, 3.63) is 12.1 Å². The second kappa shape index (κ2) is 9.58. The van der Waals surface area contributed by atoms with Crippen LogP contribution in [0.25, 0.3) is 11.4 Å². The van der Waals surface area contributed by atoms with Crippen molar-refractivity contribution in [3.8, 4) is 11.4 Å². The average molecular weight is 503 g/mol. The fourth-order valence-corrected chi connectivity index (χ4v) is 7.33. The maximum Gasteiger partial charge on any atom is 0.242 e. The Morgan fingerprint density at radius 1 is 1.18 bits per heavy atom. The van der Waals surface area contributed by atoms with E-state index >= 15 is 0 Å². The summed E-state index contributed by atoms with van der Waals surface area (Å²) >= 11 is 0. The first-order valence-corrected chi connectivity index (χ1v) is 13.7. The summed E-state index contributed by atoms with van der Waals surface area (Å²) in [6.07, 6.45) is 2.50. The van der Waals surface area contributed by atoms with Crippen molar-refractivity contribution in [2.75, 3.05) is 37.8 Å². The lowest BCUT2D eigenvalue weighted by Gasteiger charge is -2.35. The van der Waals surface area contributed by atoms with E-state index < -0.39 is 29.8 Å². The molecule has 0 radical (unpaired) electrons. The fraction of sp³-hybridized carbons (Fsp3) is 0.611. The highest BCUT2D eigenvalue weighted by molar-refractivity contribution is 7.92. The van der Waals surface area contributed by atoms with E-state index in [0.29, 0.717) is 44.7 Å². The van der Waals surface area contributed by atoms with E-state index in [9.17, 15) is 21.2 Å². The molecular weight excluding hydrogens is 475 g/mol. The molecule has 1 aromatic carbocycles. The zero-order chi connectivity index (χ0) is 23.6. The van der Waals surface area contributed by atoms with Crippen molar-refractivity contribution >= 4 is 25.7 Å². The number of primary sulfonamides is 1. The summed E-state index contributed by atoms with van der Waals surface area (Å²) < 4.78 is 67.2. The number of aromatic amines is 1. The van der Waals surface area contributed by atoms with Crippen LogP contribution in [0.4, 0.5) is 10.1 Å². The Bertz CT molecular complexity index is 1180. The monoisotopic (exact) mass is 502 g/mol. The molecule has 2 saturated heterocycles. The second-order valence-electron chi connectivity index (χ2n) is 8.30. The van der Waals surface area contributed by atoms with Gasteiger partial charge in [-0.05, 0) is 60.7 Å². The van der Waals surface area contributed by atoms with Gasteiger partial charge in [0.1, 0.15) is 9.79 Å². The van der Waals surface area contributed by atoms with Gasteiger partial charge in [-0.1, -0.05) is 0 Å². The van der Waals surface area contributed by atoms with Crippen LogP contribution in [-0.4, -0.2) is 76.4 Å². The van der Waals surface area contributed by atoms with Crippen LogP contribution in [0, 0.1) is 5.92 Å². The molecule has 33 heavy (non-hydrogen) atoms. The molecule has 4 rings (SSSR count). The van der Waals surface area contributed by atoms with Crippen molar-refractivity contribution in [1.82, 2.24) is 30.7 Å². The number of hydrogen-bond acceptors (Lipinski definition) is 9.